The summed E-state index contributed by atoms with van der Waals surface area (Å²) in [5.41, 5.74) is 3.56. The van der Waals surface area contributed by atoms with Crippen molar-refractivity contribution in [2.45, 2.75) is 20.8 Å². The van der Waals surface area contributed by atoms with Crippen LogP contribution in [-0.4, -0.2) is 27.2 Å². The third kappa shape index (κ3) is 3.02. The Hall–Kier alpha value is -3.67. The van der Waals surface area contributed by atoms with Gasteiger partial charge in [0.05, 0.1) is 24.4 Å². The van der Waals surface area contributed by atoms with Gasteiger partial charge in [-0.2, -0.15) is 9.78 Å². The number of rotatable bonds is 4. The van der Waals surface area contributed by atoms with Gasteiger partial charge in [0, 0.05) is 34.1 Å². The van der Waals surface area contributed by atoms with Crippen LogP contribution in [0.4, 0.5) is 0 Å². The van der Waals surface area contributed by atoms with E-state index in [1.807, 2.05) is 42.7 Å². The third-order valence-corrected chi connectivity index (χ3v) is 5.21. The second-order valence-corrected chi connectivity index (χ2v) is 6.96. The lowest BCUT2D eigenvalue weighted by molar-refractivity contribution is 0.101. The van der Waals surface area contributed by atoms with E-state index in [2.05, 4.69) is 5.10 Å². The summed E-state index contributed by atoms with van der Waals surface area (Å²) in [5, 5.41) is 5.78. The Kier molecular flexibility index (Phi) is 4.54. The Labute approximate surface area is 168 Å². The minimum absolute atomic E-state index is 0.0582. The second-order valence-electron chi connectivity index (χ2n) is 6.96. The molecule has 0 N–H and O–H groups in total. The smallest absolute Gasteiger partial charge is 0.281 e. The molecule has 0 radical (unpaired) electrons. The highest BCUT2D eigenvalue weighted by Crippen LogP contribution is 2.28. The van der Waals surface area contributed by atoms with E-state index in [4.69, 9.17) is 4.74 Å². The zero-order valence-corrected chi connectivity index (χ0v) is 16.8. The number of nitrogens with zero attached hydrogens (tertiary/aromatic N) is 3. The summed E-state index contributed by atoms with van der Waals surface area (Å²) in [4.78, 5) is 25.0. The van der Waals surface area contributed by atoms with E-state index in [1.165, 1.54) is 11.6 Å². The third-order valence-electron chi connectivity index (χ3n) is 5.21. The quantitative estimate of drug-likeness (QED) is 0.497. The number of aryl methyl sites for hydroxylation is 2. The number of hydrogen-bond donors (Lipinski definition) is 0. The van der Waals surface area contributed by atoms with Crippen molar-refractivity contribution in [2.75, 3.05) is 7.11 Å². The number of carbonyl (C=O) groups is 1. The molecule has 0 atom stereocenters. The average molecular weight is 387 g/mol. The Bertz CT molecular complexity index is 1310. The summed E-state index contributed by atoms with van der Waals surface area (Å²) in [6.07, 6.45) is 1.70. The summed E-state index contributed by atoms with van der Waals surface area (Å²) in [7, 11) is 1.63. The zero-order valence-electron chi connectivity index (χ0n) is 16.8. The van der Waals surface area contributed by atoms with Crippen LogP contribution < -0.4 is 10.3 Å². The molecule has 6 nitrogen and oxygen atoms in total. The van der Waals surface area contributed by atoms with Crippen molar-refractivity contribution < 1.29 is 9.53 Å². The van der Waals surface area contributed by atoms with Crippen molar-refractivity contribution in [3.05, 3.63) is 82.0 Å². The van der Waals surface area contributed by atoms with Gasteiger partial charge in [-0.15, -0.1) is 0 Å². The zero-order chi connectivity index (χ0) is 20.7. The normalized spacial score (nSPS) is 11.0. The lowest BCUT2D eigenvalue weighted by atomic mass is 10.1. The Morgan fingerprint density at radius 1 is 1.00 bits per heavy atom. The van der Waals surface area contributed by atoms with Gasteiger partial charge in [0.1, 0.15) is 5.75 Å². The van der Waals surface area contributed by atoms with E-state index >= 15 is 0 Å². The van der Waals surface area contributed by atoms with Gasteiger partial charge in [-0.25, -0.2) is 0 Å². The predicted molar refractivity (Wildman–Crippen MR) is 113 cm³/mol. The van der Waals surface area contributed by atoms with Crippen LogP contribution in [-0.2, 0) is 0 Å². The molecular weight excluding hydrogens is 366 g/mol. The number of hydrogen-bond acceptors (Lipinski definition) is 4. The number of fused-ring (bicyclic) bond motifs is 1. The largest absolute Gasteiger partial charge is 0.497 e. The fourth-order valence-corrected chi connectivity index (χ4v) is 3.74. The summed E-state index contributed by atoms with van der Waals surface area (Å²) in [6, 6.07) is 14.6. The average Bonchev–Trinajstić information content (AvgIpc) is 2.99. The highest BCUT2D eigenvalue weighted by Gasteiger charge is 2.18. The first-order valence-electron chi connectivity index (χ1n) is 9.28. The number of Topliss-reactive ketones (excluding diaryl/α,β-unsaturated/α-hetero) is 1. The molecule has 2 aromatic heterocycles. The molecule has 0 aliphatic rings. The van der Waals surface area contributed by atoms with E-state index in [0.29, 0.717) is 16.6 Å². The van der Waals surface area contributed by atoms with Crippen molar-refractivity contribution in [3.8, 4) is 17.1 Å². The van der Waals surface area contributed by atoms with Crippen molar-refractivity contribution >= 4 is 16.6 Å². The fraction of sp³-hybridized carbons (Fsp3) is 0.174. The van der Waals surface area contributed by atoms with E-state index in [1.54, 1.807) is 37.6 Å². The van der Waals surface area contributed by atoms with Crippen LogP contribution >= 0.6 is 0 Å². The summed E-state index contributed by atoms with van der Waals surface area (Å²) in [6.45, 7) is 5.39. The SMILES string of the molecule is COc1cccc(-n2c(C)c3cnn(-c4cccc(C(C)=O)c4)c(=O)c3c2C)c1. The number of ketones is 1. The predicted octanol–water partition coefficient (Wildman–Crippen LogP) is 4.00. The van der Waals surface area contributed by atoms with Crippen molar-refractivity contribution in [1.29, 1.82) is 0 Å². The maximum absolute atomic E-state index is 13.3. The van der Waals surface area contributed by atoms with Crippen LogP contribution in [0.2, 0.25) is 0 Å². The molecule has 4 rings (SSSR count). The van der Waals surface area contributed by atoms with Crippen LogP contribution in [0.25, 0.3) is 22.1 Å². The molecule has 0 amide bonds. The Morgan fingerprint density at radius 3 is 2.45 bits per heavy atom. The van der Waals surface area contributed by atoms with Gasteiger partial charge in [-0.1, -0.05) is 18.2 Å². The van der Waals surface area contributed by atoms with Gasteiger partial charge in [0.15, 0.2) is 5.78 Å². The molecule has 0 saturated carbocycles. The molecule has 29 heavy (non-hydrogen) atoms. The van der Waals surface area contributed by atoms with Crippen molar-refractivity contribution in [2.24, 2.45) is 0 Å². The van der Waals surface area contributed by atoms with Gasteiger partial charge in [0.2, 0.25) is 0 Å². The molecule has 6 heteroatoms. The molecule has 4 aromatic rings. The fourth-order valence-electron chi connectivity index (χ4n) is 3.74. The summed E-state index contributed by atoms with van der Waals surface area (Å²) in [5.74, 6) is 0.688. The van der Waals surface area contributed by atoms with E-state index in [0.717, 1.165) is 28.2 Å². The first-order valence-corrected chi connectivity index (χ1v) is 9.28. The minimum Gasteiger partial charge on any atom is -0.497 e. The van der Waals surface area contributed by atoms with E-state index < -0.39 is 0 Å². The monoisotopic (exact) mass is 387 g/mol. The molecule has 0 fully saturated rings. The van der Waals surface area contributed by atoms with Crippen molar-refractivity contribution in [1.82, 2.24) is 14.3 Å². The maximum atomic E-state index is 13.3. The molecule has 0 spiro atoms. The maximum Gasteiger partial charge on any atom is 0.281 e. The topological polar surface area (TPSA) is 66.1 Å². The molecule has 0 bridgehead atoms. The van der Waals surface area contributed by atoms with Gasteiger partial charge in [-0.3, -0.25) is 9.59 Å². The Balaban J connectivity index is 1.96. The van der Waals surface area contributed by atoms with Crippen LogP contribution in [0.15, 0.2) is 59.5 Å². The molecule has 2 heterocycles. The first-order chi connectivity index (χ1) is 13.9. The lowest BCUT2D eigenvalue weighted by Gasteiger charge is -2.10. The minimum atomic E-state index is -0.217. The van der Waals surface area contributed by atoms with Gasteiger partial charge in [0.25, 0.3) is 5.56 Å². The number of aromatic nitrogens is 3. The van der Waals surface area contributed by atoms with Crippen LogP contribution in [0.1, 0.15) is 28.7 Å². The number of benzene rings is 2. The lowest BCUT2D eigenvalue weighted by Crippen LogP contribution is -2.21. The van der Waals surface area contributed by atoms with Gasteiger partial charge in [-0.05, 0) is 45.0 Å². The number of carbonyl (C=O) groups excluding carboxylic acids is 1. The molecule has 0 aliphatic heterocycles. The highest BCUT2D eigenvalue weighted by molar-refractivity contribution is 5.94. The highest BCUT2D eigenvalue weighted by atomic mass is 16.5. The Morgan fingerprint density at radius 2 is 1.72 bits per heavy atom. The number of ether oxygens (including phenoxy) is 1. The van der Waals surface area contributed by atoms with Crippen LogP contribution in [0, 0.1) is 13.8 Å². The van der Waals surface area contributed by atoms with E-state index in [9.17, 15) is 9.59 Å². The summed E-state index contributed by atoms with van der Waals surface area (Å²) >= 11 is 0. The molecule has 2 aromatic carbocycles. The standard InChI is InChI=1S/C23H21N3O3/c1-14-21-13-24-26(19-9-5-7-17(11-19)16(3)27)23(28)22(21)15(2)25(14)18-8-6-10-20(12-18)29-4/h5-13H,1-4H3. The summed E-state index contributed by atoms with van der Waals surface area (Å²) < 4.78 is 8.72. The molecule has 146 valence electrons. The second kappa shape index (κ2) is 7.05. The first kappa shape index (κ1) is 18.7. The van der Waals surface area contributed by atoms with Crippen LogP contribution in [0.5, 0.6) is 5.75 Å². The van der Waals surface area contributed by atoms with Crippen LogP contribution in [0.3, 0.4) is 0 Å². The van der Waals surface area contributed by atoms with Gasteiger partial charge >= 0.3 is 0 Å². The molecule has 0 aliphatic carbocycles. The van der Waals surface area contributed by atoms with Gasteiger partial charge < -0.3 is 9.30 Å². The van der Waals surface area contributed by atoms with Crippen molar-refractivity contribution in [3.63, 3.8) is 0 Å². The van der Waals surface area contributed by atoms with E-state index in [-0.39, 0.29) is 11.3 Å². The molecule has 0 saturated heterocycles. The molecule has 0 unspecified atom stereocenters. The molecular formula is C23H21N3O3. The number of methoxy groups -OCH3 is 1.